The summed E-state index contributed by atoms with van der Waals surface area (Å²) in [6.45, 7) is 6.85. The standard InChI is InChI=1S/C14H16BrFN2O2/c1-3-17(4-2)5-6-18-12-8-11(16)10(15)7-9(12)13(19)14(18)20/h7-8H,3-6H2,1-2H3. The van der Waals surface area contributed by atoms with Crippen LogP contribution in [0.15, 0.2) is 16.6 Å². The van der Waals surface area contributed by atoms with Gasteiger partial charge in [0.25, 0.3) is 11.7 Å². The number of likely N-dealkylation sites (N-methyl/N-ethyl adjacent to an activating group) is 1. The zero-order valence-corrected chi connectivity index (χ0v) is 13.0. The summed E-state index contributed by atoms with van der Waals surface area (Å²) in [4.78, 5) is 27.4. The molecule has 1 aliphatic rings. The van der Waals surface area contributed by atoms with E-state index in [9.17, 15) is 14.0 Å². The van der Waals surface area contributed by atoms with E-state index in [1.807, 2.05) is 13.8 Å². The Hall–Kier alpha value is -1.27. The molecule has 0 saturated heterocycles. The molecule has 1 heterocycles. The Labute approximate surface area is 125 Å². The first-order valence-corrected chi connectivity index (χ1v) is 7.36. The molecule has 0 aromatic heterocycles. The van der Waals surface area contributed by atoms with Crippen LogP contribution in [-0.4, -0.2) is 42.8 Å². The number of amides is 1. The van der Waals surface area contributed by atoms with Gasteiger partial charge in [0.1, 0.15) is 5.82 Å². The van der Waals surface area contributed by atoms with E-state index in [0.29, 0.717) is 18.8 Å². The van der Waals surface area contributed by atoms with Crippen LogP contribution in [0, 0.1) is 5.82 Å². The van der Waals surface area contributed by atoms with Gasteiger partial charge in [0.2, 0.25) is 0 Å². The van der Waals surface area contributed by atoms with E-state index in [1.165, 1.54) is 17.0 Å². The quantitative estimate of drug-likeness (QED) is 0.772. The SMILES string of the molecule is CCN(CC)CCN1C(=O)C(=O)c2cc(Br)c(F)cc21. The predicted molar refractivity (Wildman–Crippen MR) is 78.6 cm³/mol. The minimum absolute atomic E-state index is 0.197. The summed E-state index contributed by atoms with van der Waals surface area (Å²) in [5.41, 5.74) is 0.635. The van der Waals surface area contributed by atoms with Crippen LogP contribution < -0.4 is 4.90 Å². The summed E-state index contributed by atoms with van der Waals surface area (Å²) in [6, 6.07) is 2.62. The number of carbonyl (C=O) groups is 2. The monoisotopic (exact) mass is 342 g/mol. The van der Waals surface area contributed by atoms with Crippen molar-refractivity contribution < 1.29 is 14.0 Å². The van der Waals surface area contributed by atoms with E-state index in [4.69, 9.17) is 0 Å². The van der Waals surface area contributed by atoms with E-state index in [1.54, 1.807) is 0 Å². The van der Waals surface area contributed by atoms with Gasteiger partial charge in [-0.25, -0.2) is 4.39 Å². The molecule has 1 amide bonds. The number of carbonyl (C=O) groups excluding carboxylic acids is 2. The Bertz CT molecular complexity index is 558. The molecule has 1 aromatic carbocycles. The molecule has 0 saturated carbocycles. The van der Waals surface area contributed by atoms with Crippen LogP contribution in [0.3, 0.4) is 0 Å². The number of fused-ring (bicyclic) bond motifs is 1. The summed E-state index contributed by atoms with van der Waals surface area (Å²) in [5.74, 6) is -1.62. The summed E-state index contributed by atoms with van der Waals surface area (Å²) in [5, 5.41) is 0. The summed E-state index contributed by atoms with van der Waals surface area (Å²) >= 11 is 3.04. The first-order chi connectivity index (χ1) is 9.49. The molecule has 0 atom stereocenters. The average molecular weight is 343 g/mol. The number of ketones is 1. The summed E-state index contributed by atoms with van der Waals surface area (Å²) < 4.78 is 13.8. The lowest BCUT2D eigenvalue weighted by Crippen LogP contribution is -2.38. The van der Waals surface area contributed by atoms with E-state index < -0.39 is 17.5 Å². The van der Waals surface area contributed by atoms with Gasteiger partial charge in [-0.2, -0.15) is 0 Å². The number of anilines is 1. The maximum atomic E-state index is 13.6. The van der Waals surface area contributed by atoms with E-state index >= 15 is 0 Å². The number of Topliss-reactive ketones (excluding diaryl/α,β-unsaturated/α-hetero) is 1. The van der Waals surface area contributed by atoms with Crippen LogP contribution >= 0.6 is 15.9 Å². The van der Waals surface area contributed by atoms with Gasteiger partial charge in [-0.15, -0.1) is 0 Å². The Morgan fingerprint density at radius 1 is 1.25 bits per heavy atom. The lowest BCUT2D eigenvalue weighted by atomic mass is 10.1. The third-order valence-corrected chi connectivity index (χ3v) is 4.16. The Kier molecular flexibility index (Phi) is 4.55. The molecular formula is C14H16BrFN2O2. The van der Waals surface area contributed by atoms with Gasteiger partial charge in [-0.3, -0.25) is 9.59 Å². The topological polar surface area (TPSA) is 40.6 Å². The molecule has 0 N–H and O–H groups in total. The first kappa shape index (κ1) is 15.1. The van der Waals surface area contributed by atoms with Gasteiger partial charge in [0.15, 0.2) is 0 Å². The molecule has 0 bridgehead atoms. The van der Waals surface area contributed by atoms with Gasteiger partial charge < -0.3 is 9.80 Å². The molecule has 0 fully saturated rings. The third-order valence-electron chi connectivity index (χ3n) is 3.55. The number of hydrogen-bond donors (Lipinski definition) is 0. The largest absolute Gasteiger partial charge is 0.303 e. The van der Waals surface area contributed by atoms with Crippen molar-refractivity contribution in [2.45, 2.75) is 13.8 Å². The molecule has 108 valence electrons. The number of benzene rings is 1. The highest BCUT2D eigenvalue weighted by atomic mass is 79.9. The van der Waals surface area contributed by atoms with Crippen molar-refractivity contribution in [1.82, 2.24) is 4.90 Å². The molecule has 2 rings (SSSR count). The van der Waals surface area contributed by atoms with Crippen molar-refractivity contribution in [3.8, 4) is 0 Å². The summed E-state index contributed by atoms with van der Waals surface area (Å²) in [6.07, 6.45) is 0. The highest BCUT2D eigenvalue weighted by Crippen LogP contribution is 2.33. The van der Waals surface area contributed by atoms with Crippen molar-refractivity contribution >= 4 is 33.3 Å². The van der Waals surface area contributed by atoms with Gasteiger partial charge in [-0.1, -0.05) is 13.8 Å². The van der Waals surface area contributed by atoms with Crippen molar-refractivity contribution in [2.24, 2.45) is 0 Å². The Morgan fingerprint density at radius 2 is 1.90 bits per heavy atom. The minimum atomic E-state index is -0.579. The molecule has 0 spiro atoms. The molecule has 0 aliphatic carbocycles. The van der Waals surface area contributed by atoms with Gasteiger partial charge >= 0.3 is 0 Å². The molecule has 4 nitrogen and oxygen atoms in total. The fraction of sp³-hybridized carbons (Fsp3) is 0.429. The van der Waals surface area contributed by atoms with Gasteiger partial charge in [0, 0.05) is 13.1 Å². The number of hydrogen-bond acceptors (Lipinski definition) is 3. The zero-order valence-electron chi connectivity index (χ0n) is 11.4. The smallest absolute Gasteiger partial charge is 0.299 e. The van der Waals surface area contributed by atoms with Crippen molar-refractivity contribution in [3.05, 3.63) is 28.0 Å². The Morgan fingerprint density at radius 3 is 2.50 bits per heavy atom. The average Bonchev–Trinajstić information content (AvgIpc) is 2.65. The number of nitrogens with zero attached hydrogens (tertiary/aromatic N) is 2. The van der Waals surface area contributed by atoms with Crippen LogP contribution in [-0.2, 0) is 4.79 Å². The van der Waals surface area contributed by atoms with E-state index in [0.717, 1.165) is 13.1 Å². The van der Waals surface area contributed by atoms with Crippen molar-refractivity contribution in [1.29, 1.82) is 0 Å². The molecule has 0 unspecified atom stereocenters. The maximum Gasteiger partial charge on any atom is 0.299 e. The van der Waals surface area contributed by atoms with Crippen molar-refractivity contribution in [3.63, 3.8) is 0 Å². The van der Waals surface area contributed by atoms with Gasteiger partial charge in [0.05, 0.1) is 15.7 Å². The van der Waals surface area contributed by atoms with E-state index in [2.05, 4.69) is 20.8 Å². The van der Waals surface area contributed by atoms with Gasteiger partial charge in [-0.05, 0) is 41.2 Å². The van der Waals surface area contributed by atoms with Crippen LogP contribution in [0.2, 0.25) is 0 Å². The van der Waals surface area contributed by atoms with Crippen LogP contribution in [0.1, 0.15) is 24.2 Å². The van der Waals surface area contributed by atoms with E-state index in [-0.39, 0.29) is 10.0 Å². The minimum Gasteiger partial charge on any atom is -0.303 e. The van der Waals surface area contributed by atoms with Crippen molar-refractivity contribution in [2.75, 3.05) is 31.1 Å². The molecular weight excluding hydrogens is 327 g/mol. The molecule has 1 aliphatic heterocycles. The van der Waals surface area contributed by atoms with Crippen LogP contribution in [0.25, 0.3) is 0 Å². The Balaban J connectivity index is 2.26. The normalized spacial score (nSPS) is 14.3. The number of rotatable bonds is 5. The second kappa shape index (κ2) is 6.01. The zero-order chi connectivity index (χ0) is 14.9. The third kappa shape index (κ3) is 2.62. The van der Waals surface area contributed by atoms with Crippen LogP contribution in [0.5, 0.6) is 0 Å². The highest BCUT2D eigenvalue weighted by Gasteiger charge is 2.36. The predicted octanol–water partition coefficient (Wildman–Crippen LogP) is 2.46. The lowest BCUT2D eigenvalue weighted by Gasteiger charge is -2.23. The number of halogens is 2. The molecule has 1 aromatic rings. The lowest BCUT2D eigenvalue weighted by molar-refractivity contribution is -0.114. The molecule has 20 heavy (non-hydrogen) atoms. The van der Waals surface area contributed by atoms with Crippen LogP contribution in [0.4, 0.5) is 10.1 Å². The summed E-state index contributed by atoms with van der Waals surface area (Å²) in [7, 11) is 0. The highest BCUT2D eigenvalue weighted by molar-refractivity contribution is 9.10. The second-order valence-corrected chi connectivity index (χ2v) is 5.45. The fourth-order valence-electron chi connectivity index (χ4n) is 2.29. The maximum absolute atomic E-state index is 13.6. The second-order valence-electron chi connectivity index (χ2n) is 4.60. The molecule has 6 heteroatoms. The fourth-order valence-corrected chi connectivity index (χ4v) is 2.64. The molecule has 0 radical (unpaired) electrons. The first-order valence-electron chi connectivity index (χ1n) is 6.57.